The minimum Gasteiger partial charge on any atom is 0 e. The van der Waals surface area contributed by atoms with Gasteiger partial charge in [0.05, 0.1) is 0 Å². The fourth-order valence-electron chi connectivity index (χ4n) is 0. The molecule has 0 saturated carbocycles. The molecule has 0 spiro atoms. The van der Waals surface area contributed by atoms with E-state index in [1.807, 2.05) is 0 Å². The van der Waals surface area contributed by atoms with Crippen LogP contribution in [0.3, 0.4) is 0 Å². The van der Waals surface area contributed by atoms with Crippen molar-refractivity contribution in [3.05, 3.63) is 0 Å². The molecular weight excluding hydrogens is 370 g/mol. The van der Waals surface area contributed by atoms with Crippen molar-refractivity contribution in [2.45, 2.75) is 0 Å². The van der Waals surface area contributed by atoms with Gasteiger partial charge in [-0.15, -0.1) is 0 Å². The monoisotopic (exact) mass is 370 g/mol. The Morgan fingerprint density at radius 1 is 1.00 bits per heavy atom. The molecule has 0 aromatic rings. The third-order valence-electron chi connectivity index (χ3n) is 0. The average molecular weight is 370 g/mol. The van der Waals surface area contributed by atoms with Crippen molar-refractivity contribution in [1.82, 2.24) is 0 Å². The van der Waals surface area contributed by atoms with E-state index in [1.165, 1.54) is 0 Å². The van der Waals surface area contributed by atoms with Crippen LogP contribution in [0, 0.1) is 0 Å². The van der Waals surface area contributed by atoms with Crippen LogP contribution in [0.1, 0.15) is 0 Å². The van der Waals surface area contributed by atoms with Gasteiger partial charge in [-0.2, -0.15) is 0 Å². The second-order valence-corrected chi connectivity index (χ2v) is 0. The topological polar surface area (TPSA) is 0 Å². The zero-order valence-corrected chi connectivity index (χ0v) is 10.8. The van der Waals surface area contributed by atoms with E-state index in [4.69, 9.17) is 0 Å². The Balaban J connectivity index is 0. The quantitative estimate of drug-likeness (QED) is 0.527. The van der Waals surface area contributed by atoms with Crippen molar-refractivity contribution in [2.75, 3.05) is 0 Å². The van der Waals surface area contributed by atoms with Gasteiger partial charge < -0.3 is 0 Å². The van der Waals surface area contributed by atoms with E-state index in [0.717, 1.165) is 0 Å². The van der Waals surface area contributed by atoms with Crippen LogP contribution in [0.5, 0.6) is 0 Å². The largest absolute Gasteiger partial charge is 0 e. The number of rotatable bonds is 0. The Hall–Kier alpha value is 3.00. The molecule has 0 aliphatic carbocycles. The van der Waals surface area contributed by atoms with Crippen molar-refractivity contribution in [3.63, 3.8) is 0 Å². The molecule has 18 valence electrons. The molecule has 0 radical (unpaired) electrons. The maximum absolute atomic E-state index is 0. The molecule has 0 aliphatic rings. The summed E-state index contributed by atoms with van der Waals surface area (Å²) in [4.78, 5) is 0. The van der Waals surface area contributed by atoms with Gasteiger partial charge >= 0.3 is 0 Å². The zero-order valence-electron chi connectivity index (χ0n) is 1.91. The first kappa shape index (κ1) is 28.0. The van der Waals surface area contributed by atoms with Crippen molar-refractivity contribution < 1.29 is 91.1 Å². The van der Waals surface area contributed by atoms with Gasteiger partial charge in [0, 0.05) is 91.1 Å². The molecule has 0 saturated heterocycles. The maximum atomic E-state index is 0. The van der Waals surface area contributed by atoms with Gasteiger partial charge in [0.2, 0.25) is 0 Å². The Labute approximate surface area is 89.4 Å². The fraction of sp³-hybridized carbons (Fsp3) is 0. The molecule has 0 amide bonds. The van der Waals surface area contributed by atoms with Crippen LogP contribution in [0.25, 0.3) is 0 Å². The second-order valence-electron chi connectivity index (χ2n) is 0. The fourth-order valence-corrected chi connectivity index (χ4v) is 0. The van der Waals surface area contributed by atoms with Crippen molar-refractivity contribution >= 4 is 0 Å². The van der Waals surface area contributed by atoms with Gasteiger partial charge in [0.25, 0.3) is 0 Å². The van der Waals surface area contributed by atoms with Crippen molar-refractivity contribution in [1.29, 1.82) is 0 Å². The maximum Gasteiger partial charge on any atom is 0 e. The summed E-state index contributed by atoms with van der Waals surface area (Å²) in [6.07, 6.45) is 0. The average Bonchev–Trinajstić information content (AvgIpc) is 0. The molecule has 4 heavy (non-hydrogen) atoms. The molecule has 0 N–H and O–H groups in total. The van der Waals surface area contributed by atoms with Crippen LogP contribution in [0.15, 0.2) is 0 Å². The van der Waals surface area contributed by atoms with Gasteiger partial charge in [-0.05, 0) is 0 Å². The summed E-state index contributed by atoms with van der Waals surface area (Å²) in [5, 5.41) is 0. The third kappa shape index (κ3) is 8.89. The molecule has 0 aliphatic heterocycles. The molecule has 0 aromatic carbocycles. The molecule has 0 unspecified atom stereocenters. The Morgan fingerprint density at radius 2 is 1.00 bits per heavy atom. The van der Waals surface area contributed by atoms with Crippen LogP contribution >= 0.6 is 0 Å². The Bertz CT molecular complexity index is 8.00. The van der Waals surface area contributed by atoms with E-state index in [1.54, 1.807) is 0 Å². The van der Waals surface area contributed by atoms with E-state index in [0.29, 0.717) is 0 Å². The molecule has 0 aromatic heterocycles. The van der Waals surface area contributed by atoms with Gasteiger partial charge in [0.1, 0.15) is 0 Å². The van der Waals surface area contributed by atoms with Gasteiger partial charge in [-0.3, -0.25) is 0 Å². The zero-order chi connectivity index (χ0) is 0. The molecule has 0 nitrogen and oxygen atoms in total. The molecular formula is CrHfTiZr. The predicted octanol–water partition coefficient (Wildman–Crippen LogP) is -0.0100. The van der Waals surface area contributed by atoms with Crippen molar-refractivity contribution in [3.8, 4) is 0 Å². The minimum atomic E-state index is 0. The van der Waals surface area contributed by atoms with E-state index < -0.39 is 0 Å². The summed E-state index contributed by atoms with van der Waals surface area (Å²) < 4.78 is 0. The normalized spacial score (nSPS) is 0. The third-order valence-corrected chi connectivity index (χ3v) is 0. The number of hydrogen-bond acceptors (Lipinski definition) is 0. The van der Waals surface area contributed by atoms with Crippen LogP contribution < -0.4 is 0 Å². The standard InChI is InChI=1S/Cr.Hf.Ti.Zr. The van der Waals surface area contributed by atoms with Crippen LogP contribution in [-0.4, -0.2) is 0 Å². The Kier molecular flexibility index (Phi) is 117. The van der Waals surface area contributed by atoms with Gasteiger partial charge in [0.15, 0.2) is 0 Å². The SMILES string of the molecule is [Cr].[Hf].[Ti].[Zr]. The summed E-state index contributed by atoms with van der Waals surface area (Å²) in [6, 6.07) is 0. The summed E-state index contributed by atoms with van der Waals surface area (Å²) in [5.41, 5.74) is 0. The summed E-state index contributed by atoms with van der Waals surface area (Å²) in [7, 11) is 0. The summed E-state index contributed by atoms with van der Waals surface area (Å²) in [6.45, 7) is 0. The van der Waals surface area contributed by atoms with Crippen LogP contribution in [0.2, 0.25) is 0 Å². The second kappa shape index (κ2) is 16.7. The van der Waals surface area contributed by atoms with E-state index in [2.05, 4.69) is 0 Å². The van der Waals surface area contributed by atoms with E-state index in [9.17, 15) is 0 Å². The first-order valence-electron chi connectivity index (χ1n) is 0. The first-order chi connectivity index (χ1) is 0. The smallest absolute Gasteiger partial charge is 0 e. The first-order valence-corrected chi connectivity index (χ1v) is 0. The summed E-state index contributed by atoms with van der Waals surface area (Å²) in [5.74, 6) is 0. The van der Waals surface area contributed by atoms with E-state index >= 15 is 0 Å². The van der Waals surface area contributed by atoms with Gasteiger partial charge in [-0.25, -0.2) is 0 Å². The number of hydrogen-bond donors (Lipinski definition) is 0. The van der Waals surface area contributed by atoms with Crippen molar-refractivity contribution in [2.24, 2.45) is 0 Å². The molecule has 0 heterocycles. The molecule has 0 rings (SSSR count). The molecule has 0 bridgehead atoms. The van der Waals surface area contributed by atoms with Crippen LogP contribution in [0.4, 0.5) is 0 Å². The van der Waals surface area contributed by atoms with Crippen LogP contribution in [-0.2, 0) is 91.1 Å². The minimum absolute atomic E-state index is 0. The molecule has 0 atom stereocenters. The Morgan fingerprint density at radius 3 is 1.00 bits per heavy atom. The van der Waals surface area contributed by atoms with Gasteiger partial charge in [-0.1, -0.05) is 0 Å². The van der Waals surface area contributed by atoms with E-state index in [-0.39, 0.29) is 91.1 Å². The summed E-state index contributed by atoms with van der Waals surface area (Å²) >= 11 is 0. The predicted molar refractivity (Wildman–Crippen MR) is 0 cm³/mol. The molecule has 0 fully saturated rings. The molecule has 4 heteroatoms.